The van der Waals surface area contributed by atoms with Crippen molar-refractivity contribution in [3.8, 4) is 17.1 Å². The molecule has 4 rings (SSSR count). The second-order valence-electron chi connectivity index (χ2n) is 8.22. The first-order valence-corrected chi connectivity index (χ1v) is 10.6. The van der Waals surface area contributed by atoms with Gasteiger partial charge in [-0.15, -0.1) is 0 Å². The molecule has 0 unspecified atom stereocenters. The number of hydrogen-bond donors (Lipinski definition) is 1. The third-order valence-electron chi connectivity index (χ3n) is 5.50. The van der Waals surface area contributed by atoms with E-state index in [0.717, 1.165) is 22.5 Å². The number of cyclic esters (lactones) is 1. The molecule has 3 aromatic rings. The molecule has 0 radical (unpaired) electrons. The van der Waals surface area contributed by atoms with E-state index in [9.17, 15) is 14.3 Å². The molecule has 1 fully saturated rings. The van der Waals surface area contributed by atoms with E-state index >= 15 is 0 Å². The molecule has 3 heterocycles. The van der Waals surface area contributed by atoms with Gasteiger partial charge in [0.05, 0.1) is 23.9 Å². The van der Waals surface area contributed by atoms with E-state index in [1.807, 2.05) is 18.2 Å². The molecule has 0 saturated carbocycles. The number of halogens is 1. The first kappa shape index (κ1) is 21.2. The summed E-state index contributed by atoms with van der Waals surface area (Å²) in [7, 11) is 0. The van der Waals surface area contributed by atoms with Gasteiger partial charge in [-0.25, -0.2) is 14.1 Å². The monoisotopic (exact) mass is 423 g/mol. The highest BCUT2D eigenvalue weighted by molar-refractivity contribution is 5.71. The number of hydrogen-bond acceptors (Lipinski definition) is 5. The van der Waals surface area contributed by atoms with Gasteiger partial charge in [-0.3, -0.25) is 4.79 Å². The molecule has 1 aromatic carbocycles. The van der Waals surface area contributed by atoms with Crippen LogP contribution in [0.4, 0.5) is 4.39 Å². The largest absolute Gasteiger partial charge is 0.462 e. The highest BCUT2D eigenvalue weighted by Gasteiger charge is 2.29. The van der Waals surface area contributed by atoms with E-state index < -0.39 is 6.10 Å². The van der Waals surface area contributed by atoms with Crippen molar-refractivity contribution in [3.63, 3.8) is 0 Å². The van der Waals surface area contributed by atoms with E-state index in [0.29, 0.717) is 25.1 Å². The quantitative estimate of drug-likeness (QED) is 0.602. The second-order valence-corrected chi connectivity index (χ2v) is 8.22. The van der Waals surface area contributed by atoms with Crippen molar-refractivity contribution < 1.29 is 19.0 Å². The summed E-state index contributed by atoms with van der Waals surface area (Å²) in [4.78, 5) is 16.2. The molecule has 7 heteroatoms. The lowest BCUT2D eigenvalue weighted by atomic mass is 9.93. The predicted molar refractivity (Wildman–Crippen MR) is 114 cm³/mol. The summed E-state index contributed by atoms with van der Waals surface area (Å²) in [5.41, 5.74) is 3.63. The second kappa shape index (κ2) is 8.98. The predicted octanol–water partition coefficient (Wildman–Crippen LogP) is 4.20. The van der Waals surface area contributed by atoms with Crippen molar-refractivity contribution in [1.29, 1.82) is 0 Å². The summed E-state index contributed by atoms with van der Waals surface area (Å²) in [6, 6.07) is 12.0. The molecule has 1 N–H and O–H groups in total. The minimum Gasteiger partial charge on any atom is -0.462 e. The van der Waals surface area contributed by atoms with Crippen LogP contribution in [-0.4, -0.2) is 38.0 Å². The Morgan fingerprint density at radius 2 is 2.00 bits per heavy atom. The zero-order valence-corrected chi connectivity index (χ0v) is 17.7. The molecule has 1 aliphatic rings. The lowest BCUT2D eigenvalue weighted by Crippen LogP contribution is -2.32. The van der Waals surface area contributed by atoms with Crippen molar-refractivity contribution in [1.82, 2.24) is 14.8 Å². The zero-order valence-electron chi connectivity index (χ0n) is 17.7. The summed E-state index contributed by atoms with van der Waals surface area (Å²) in [5, 5.41) is 14.8. The molecule has 2 aromatic heterocycles. The lowest BCUT2D eigenvalue weighted by Gasteiger charge is -2.26. The minimum absolute atomic E-state index is 0.0478. The molecule has 0 amide bonds. The van der Waals surface area contributed by atoms with Crippen LogP contribution in [-0.2, 0) is 16.0 Å². The Hall–Kier alpha value is -3.06. The fourth-order valence-corrected chi connectivity index (χ4v) is 4.07. The van der Waals surface area contributed by atoms with Gasteiger partial charge in [0.15, 0.2) is 5.82 Å². The standard InChI is InChI=1S/C24H26FN3O3/c1-15(2)23-20(11-10-19-13-18(29)14-22(30)31-19)24(16-6-8-17(25)9-7-16)28(27-23)21-5-3-4-12-26-21/h3-9,12,15,18-19,29H,10-11,13-14H2,1-2H3/t18-,19+/m0/s1. The summed E-state index contributed by atoms with van der Waals surface area (Å²) in [5.74, 6) is 0.158. The van der Waals surface area contributed by atoms with Crippen LogP contribution in [0.2, 0.25) is 0 Å². The fourth-order valence-electron chi connectivity index (χ4n) is 4.07. The number of aliphatic hydroxyl groups is 1. The van der Waals surface area contributed by atoms with E-state index in [-0.39, 0.29) is 30.2 Å². The van der Waals surface area contributed by atoms with Crippen LogP contribution < -0.4 is 0 Å². The van der Waals surface area contributed by atoms with Gasteiger partial charge in [-0.2, -0.15) is 5.10 Å². The Bertz CT molecular complexity index is 1050. The number of benzene rings is 1. The number of ether oxygens (including phenoxy) is 1. The van der Waals surface area contributed by atoms with Crippen molar-refractivity contribution in [3.05, 3.63) is 65.7 Å². The van der Waals surface area contributed by atoms with Gasteiger partial charge in [-0.05, 0) is 55.2 Å². The van der Waals surface area contributed by atoms with Crippen LogP contribution in [0, 0.1) is 5.82 Å². The van der Waals surface area contributed by atoms with Crippen LogP contribution in [0.15, 0.2) is 48.7 Å². The maximum atomic E-state index is 13.6. The van der Waals surface area contributed by atoms with Gasteiger partial charge in [-0.1, -0.05) is 19.9 Å². The van der Waals surface area contributed by atoms with Crippen LogP contribution in [0.25, 0.3) is 17.1 Å². The SMILES string of the molecule is CC(C)c1nn(-c2ccccn2)c(-c2ccc(F)cc2)c1CC[C@@H]1C[C@H](O)CC(=O)O1. The van der Waals surface area contributed by atoms with E-state index in [1.165, 1.54) is 12.1 Å². The highest BCUT2D eigenvalue weighted by atomic mass is 19.1. The smallest absolute Gasteiger partial charge is 0.308 e. The first-order valence-electron chi connectivity index (χ1n) is 10.6. The number of rotatable bonds is 6. The van der Waals surface area contributed by atoms with Gasteiger partial charge < -0.3 is 9.84 Å². The molecular formula is C24H26FN3O3. The summed E-state index contributed by atoms with van der Waals surface area (Å²) in [6.07, 6.45) is 2.37. The van der Waals surface area contributed by atoms with Crippen LogP contribution in [0.3, 0.4) is 0 Å². The molecule has 31 heavy (non-hydrogen) atoms. The number of carbonyl (C=O) groups is 1. The molecule has 162 valence electrons. The maximum absolute atomic E-state index is 13.6. The maximum Gasteiger partial charge on any atom is 0.308 e. The number of nitrogens with zero attached hydrogens (tertiary/aromatic N) is 3. The van der Waals surface area contributed by atoms with Gasteiger partial charge in [0.2, 0.25) is 0 Å². The van der Waals surface area contributed by atoms with Crippen molar-refractivity contribution in [2.45, 2.75) is 57.7 Å². The Labute approximate surface area is 180 Å². The Morgan fingerprint density at radius 3 is 2.65 bits per heavy atom. The van der Waals surface area contributed by atoms with E-state index in [4.69, 9.17) is 9.84 Å². The third-order valence-corrected chi connectivity index (χ3v) is 5.50. The third kappa shape index (κ3) is 4.66. The minimum atomic E-state index is -0.663. The number of carbonyl (C=O) groups excluding carboxylic acids is 1. The van der Waals surface area contributed by atoms with Gasteiger partial charge in [0.1, 0.15) is 11.9 Å². The van der Waals surface area contributed by atoms with Crippen LogP contribution in [0.1, 0.15) is 50.3 Å². The summed E-state index contributed by atoms with van der Waals surface area (Å²) < 4.78 is 20.9. The molecular weight excluding hydrogens is 397 g/mol. The van der Waals surface area contributed by atoms with Crippen molar-refractivity contribution in [2.75, 3.05) is 0 Å². The van der Waals surface area contributed by atoms with Gasteiger partial charge in [0, 0.05) is 23.7 Å². The van der Waals surface area contributed by atoms with E-state index in [2.05, 4.69) is 18.8 Å². The fraction of sp³-hybridized carbons (Fsp3) is 0.375. The lowest BCUT2D eigenvalue weighted by molar-refractivity contribution is -0.160. The first-order chi connectivity index (χ1) is 14.9. The topological polar surface area (TPSA) is 77.2 Å². The van der Waals surface area contributed by atoms with Gasteiger partial charge in [0.25, 0.3) is 0 Å². The molecule has 0 aliphatic carbocycles. The van der Waals surface area contributed by atoms with Crippen LogP contribution >= 0.6 is 0 Å². The molecule has 0 bridgehead atoms. The van der Waals surface area contributed by atoms with Crippen molar-refractivity contribution >= 4 is 5.97 Å². The summed E-state index contributed by atoms with van der Waals surface area (Å²) in [6.45, 7) is 4.15. The van der Waals surface area contributed by atoms with Crippen LogP contribution in [0.5, 0.6) is 0 Å². The number of aromatic nitrogens is 3. The van der Waals surface area contributed by atoms with Gasteiger partial charge >= 0.3 is 5.97 Å². The number of pyridine rings is 1. The molecule has 2 atom stereocenters. The Balaban J connectivity index is 1.77. The number of esters is 1. The molecule has 6 nitrogen and oxygen atoms in total. The molecule has 1 saturated heterocycles. The summed E-state index contributed by atoms with van der Waals surface area (Å²) >= 11 is 0. The molecule has 1 aliphatic heterocycles. The van der Waals surface area contributed by atoms with Crippen molar-refractivity contribution in [2.24, 2.45) is 0 Å². The normalized spacial score (nSPS) is 18.9. The highest BCUT2D eigenvalue weighted by Crippen LogP contribution is 2.34. The number of aliphatic hydroxyl groups excluding tert-OH is 1. The Morgan fingerprint density at radius 1 is 1.23 bits per heavy atom. The molecule has 0 spiro atoms. The zero-order chi connectivity index (χ0) is 22.0. The Kier molecular flexibility index (Phi) is 6.13. The average molecular weight is 423 g/mol. The van der Waals surface area contributed by atoms with E-state index in [1.54, 1.807) is 23.0 Å². The average Bonchev–Trinajstić information content (AvgIpc) is 3.12.